The number of benzene rings is 1. The molecule has 1 aliphatic carbocycles. The molecule has 0 aliphatic heterocycles. The Morgan fingerprint density at radius 3 is 2.35 bits per heavy atom. The standard InChI is InChI=1S/C14H20O3/c1-16-12-7-8-13(14(9-12)17-2)10-3-5-11(15)6-4-10/h7-11,15H,3-6H2,1-2H3. The van der Waals surface area contributed by atoms with Crippen molar-refractivity contribution in [2.45, 2.75) is 37.7 Å². The topological polar surface area (TPSA) is 38.7 Å². The predicted octanol–water partition coefficient (Wildman–Crippen LogP) is 2.72. The van der Waals surface area contributed by atoms with Crippen LogP contribution in [0.2, 0.25) is 0 Å². The lowest BCUT2D eigenvalue weighted by Crippen LogP contribution is -2.17. The second kappa shape index (κ2) is 5.41. The maximum atomic E-state index is 9.53. The lowest BCUT2D eigenvalue weighted by molar-refractivity contribution is 0.122. The van der Waals surface area contributed by atoms with E-state index in [2.05, 4.69) is 6.07 Å². The lowest BCUT2D eigenvalue weighted by Gasteiger charge is -2.27. The Morgan fingerprint density at radius 1 is 1.06 bits per heavy atom. The van der Waals surface area contributed by atoms with Gasteiger partial charge in [-0.25, -0.2) is 0 Å². The van der Waals surface area contributed by atoms with Gasteiger partial charge in [0.25, 0.3) is 0 Å². The Morgan fingerprint density at radius 2 is 1.76 bits per heavy atom. The summed E-state index contributed by atoms with van der Waals surface area (Å²) in [6.45, 7) is 0. The predicted molar refractivity (Wildman–Crippen MR) is 66.8 cm³/mol. The van der Waals surface area contributed by atoms with Crippen LogP contribution in [-0.4, -0.2) is 25.4 Å². The Labute approximate surface area is 102 Å². The first-order valence-electron chi connectivity index (χ1n) is 6.14. The largest absolute Gasteiger partial charge is 0.497 e. The van der Waals surface area contributed by atoms with Gasteiger partial charge in [-0.15, -0.1) is 0 Å². The zero-order valence-corrected chi connectivity index (χ0v) is 10.5. The average Bonchev–Trinajstić information content (AvgIpc) is 2.39. The second-order valence-electron chi connectivity index (χ2n) is 4.61. The van der Waals surface area contributed by atoms with Crippen molar-refractivity contribution in [2.24, 2.45) is 0 Å². The van der Waals surface area contributed by atoms with Gasteiger partial charge in [-0.2, -0.15) is 0 Å². The summed E-state index contributed by atoms with van der Waals surface area (Å²) >= 11 is 0. The minimum atomic E-state index is -0.115. The molecule has 0 unspecified atom stereocenters. The molecule has 1 aromatic rings. The van der Waals surface area contributed by atoms with Crippen LogP contribution in [-0.2, 0) is 0 Å². The van der Waals surface area contributed by atoms with Crippen molar-refractivity contribution < 1.29 is 14.6 Å². The third kappa shape index (κ3) is 2.72. The highest BCUT2D eigenvalue weighted by atomic mass is 16.5. The molecule has 0 aromatic heterocycles. The van der Waals surface area contributed by atoms with Crippen LogP contribution >= 0.6 is 0 Å². The molecule has 1 fully saturated rings. The molecule has 0 spiro atoms. The van der Waals surface area contributed by atoms with Gasteiger partial charge >= 0.3 is 0 Å². The van der Waals surface area contributed by atoms with Gasteiger partial charge in [0.15, 0.2) is 0 Å². The van der Waals surface area contributed by atoms with E-state index in [1.165, 1.54) is 5.56 Å². The van der Waals surface area contributed by atoms with Crippen LogP contribution in [0.15, 0.2) is 18.2 Å². The molecule has 0 bridgehead atoms. The Bertz CT molecular complexity index is 368. The van der Waals surface area contributed by atoms with Gasteiger partial charge in [-0.05, 0) is 43.2 Å². The molecular weight excluding hydrogens is 216 g/mol. The van der Waals surface area contributed by atoms with Crippen LogP contribution in [0.4, 0.5) is 0 Å². The van der Waals surface area contributed by atoms with Gasteiger partial charge in [-0.3, -0.25) is 0 Å². The van der Waals surface area contributed by atoms with Crippen molar-refractivity contribution in [3.8, 4) is 11.5 Å². The van der Waals surface area contributed by atoms with Gasteiger partial charge in [0, 0.05) is 6.07 Å². The van der Waals surface area contributed by atoms with E-state index >= 15 is 0 Å². The molecule has 3 nitrogen and oxygen atoms in total. The number of aliphatic hydroxyl groups excluding tert-OH is 1. The summed E-state index contributed by atoms with van der Waals surface area (Å²) in [7, 11) is 3.35. The highest BCUT2D eigenvalue weighted by Gasteiger charge is 2.23. The van der Waals surface area contributed by atoms with Crippen LogP contribution < -0.4 is 9.47 Å². The first-order valence-corrected chi connectivity index (χ1v) is 6.14. The van der Waals surface area contributed by atoms with Gasteiger partial charge in [0.1, 0.15) is 11.5 Å². The maximum absolute atomic E-state index is 9.53. The number of aliphatic hydroxyl groups is 1. The number of methoxy groups -OCH3 is 2. The summed E-state index contributed by atoms with van der Waals surface area (Å²) in [5.74, 6) is 2.21. The summed E-state index contributed by atoms with van der Waals surface area (Å²) in [5.41, 5.74) is 1.24. The third-order valence-corrected chi connectivity index (χ3v) is 3.58. The van der Waals surface area contributed by atoms with Crippen molar-refractivity contribution in [3.05, 3.63) is 23.8 Å². The van der Waals surface area contributed by atoms with E-state index in [1.807, 2.05) is 12.1 Å². The summed E-state index contributed by atoms with van der Waals surface area (Å²) in [4.78, 5) is 0. The van der Waals surface area contributed by atoms with Gasteiger partial charge < -0.3 is 14.6 Å². The molecule has 0 heterocycles. The number of hydrogen-bond donors (Lipinski definition) is 1. The second-order valence-corrected chi connectivity index (χ2v) is 4.61. The minimum Gasteiger partial charge on any atom is -0.497 e. The van der Waals surface area contributed by atoms with E-state index in [9.17, 15) is 5.11 Å². The quantitative estimate of drug-likeness (QED) is 0.877. The van der Waals surface area contributed by atoms with E-state index in [0.717, 1.165) is 37.2 Å². The third-order valence-electron chi connectivity index (χ3n) is 3.58. The molecule has 0 saturated heterocycles. The van der Waals surface area contributed by atoms with E-state index in [0.29, 0.717) is 5.92 Å². The molecule has 0 radical (unpaired) electrons. The number of rotatable bonds is 3. The molecule has 3 heteroatoms. The van der Waals surface area contributed by atoms with Crippen molar-refractivity contribution in [3.63, 3.8) is 0 Å². The zero-order chi connectivity index (χ0) is 12.3. The molecule has 1 aliphatic rings. The highest BCUT2D eigenvalue weighted by molar-refractivity contribution is 5.42. The van der Waals surface area contributed by atoms with Crippen molar-refractivity contribution in [1.29, 1.82) is 0 Å². The first-order chi connectivity index (χ1) is 8.24. The number of ether oxygens (including phenoxy) is 2. The SMILES string of the molecule is COc1ccc(C2CCC(O)CC2)c(OC)c1. The van der Waals surface area contributed by atoms with Crippen molar-refractivity contribution in [1.82, 2.24) is 0 Å². The van der Waals surface area contributed by atoms with Gasteiger partial charge in [-0.1, -0.05) is 6.07 Å². The summed E-state index contributed by atoms with van der Waals surface area (Å²) in [6.07, 6.45) is 3.73. The van der Waals surface area contributed by atoms with Crippen LogP contribution in [0.5, 0.6) is 11.5 Å². The molecule has 1 N–H and O–H groups in total. The van der Waals surface area contributed by atoms with Crippen molar-refractivity contribution in [2.75, 3.05) is 14.2 Å². The Kier molecular flexibility index (Phi) is 3.89. The molecule has 2 rings (SSSR count). The monoisotopic (exact) mass is 236 g/mol. The molecule has 17 heavy (non-hydrogen) atoms. The Hall–Kier alpha value is -1.22. The highest BCUT2D eigenvalue weighted by Crippen LogP contribution is 2.38. The fourth-order valence-electron chi connectivity index (χ4n) is 2.54. The van der Waals surface area contributed by atoms with E-state index in [4.69, 9.17) is 9.47 Å². The smallest absolute Gasteiger partial charge is 0.126 e. The molecule has 0 atom stereocenters. The first kappa shape index (κ1) is 12.2. The minimum absolute atomic E-state index is 0.115. The van der Waals surface area contributed by atoms with E-state index < -0.39 is 0 Å². The van der Waals surface area contributed by atoms with Gasteiger partial charge in [0.2, 0.25) is 0 Å². The molecule has 1 saturated carbocycles. The van der Waals surface area contributed by atoms with E-state index in [-0.39, 0.29) is 6.10 Å². The summed E-state index contributed by atoms with van der Waals surface area (Å²) < 4.78 is 10.6. The summed E-state index contributed by atoms with van der Waals surface area (Å²) in [6, 6.07) is 5.99. The average molecular weight is 236 g/mol. The van der Waals surface area contributed by atoms with Crippen LogP contribution in [0.1, 0.15) is 37.2 Å². The summed E-state index contributed by atoms with van der Waals surface area (Å²) in [5, 5.41) is 9.53. The molecule has 0 amide bonds. The fraction of sp³-hybridized carbons (Fsp3) is 0.571. The maximum Gasteiger partial charge on any atom is 0.126 e. The molecule has 94 valence electrons. The van der Waals surface area contributed by atoms with Crippen LogP contribution in [0.25, 0.3) is 0 Å². The van der Waals surface area contributed by atoms with E-state index in [1.54, 1.807) is 14.2 Å². The number of hydrogen-bond acceptors (Lipinski definition) is 3. The van der Waals surface area contributed by atoms with Crippen LogP contribution in [0.3, 0.4) is 0 Å². The molecular formula is C14H20O3. The Balaban J connectivity index is 2.19. The molecule has 1 aromatic carbocycles. The van der Waals surface area contributed by atoms with Crippen LogP contribution in [0, 0.1) is 0 Å². The zero-order valence-electron chi connectivity index (χ0n) is 10.5. The van der Waals surface area contributed by atoms with Crippen molar-refractivity contribution >= 4 is 0 Å². The van der Waals surface area contributed by atoms with Gasteiger partial charge in [0.05, 0.1) is 20.3 Å². The lowest BCUT2D eigenvalue weighted by atomic mass is 9.82. The normalized spacial score (nSPS) is 24.4. The fourth-order valence-corrected chi connectivity index (χ4v) is 2.54.